The molecule has 0 spiro atoms. The van der Waals surface area contributed by atoms with Crippen molar-refractivity contribution in [1.82, 2.24) is 4.98 Å². The van der Waals surface area contributed by atoms with E-state index in [1.807, 2.05) is 6.92 Å². The van der Waals surface area contributed by atoms with E-state index < -0.39 is 0 Å². The zero-order valence-electron chi connectivity index (χ0n) is 7.61. The van der Waals surface area contributed by atoms with E-state index in [1.54, 1.807) is 0 Å². The highest BCUT2D eigenvalue weighted by molar-refractivity contribution is 9.10. The van der Waals surface area contributed by atoms with Crippen molar-refractivity contribution in [2.45, 2.75) is 32.6 Å². The predicted octanol–water partition coefficient (Wildman–Crippen LogP) is 2.32. The van der Waals surface area contributed by atoms with Gasteiger partial charge in [0, 0.05) is 5.69 Å². The summed E-state index contributed by atoms with van der Waals surface area (Å²) >= 11 is 3.31. The molecule has 0 aliphatic heterocycles. The lowest BCUT2D eigenvalue weighted by atomic mass is 9.93. The van der Waals surface area contributed by atoms with Gasteiger partial charge in [-0.25, -0.2) is 0 Å². The van der Waals surface area contributed by atoms with Crippen LogP contribution in [-0.4, -0.2) is 4.98 Å². The summed E-state index contributed by atoms with van der Waals surface area (Å²) in [5, 5.41) is 0. The molecule has 2 nitrogen and oxygen atoms in total. The Bertz CT molecular complexity index is 395. The summed E-state index contributed by atoms with van der Waals surface area (Å²) in [6.45, 7) is 2.02. The van der Waals surface area contributed by atoms with Crippen molar-refractivity contribution in [1.29, 1.82) is 0 Å². The molecule has 0 saturated carbocycles. The van der Waals surface area contributed by atoms with E-state index in [0.29, 0.717) is 4.47 Å². The number of hydrogen-bond acceptors (Lipinski definition) is 1. The number of H-pyrrole nitrogens is 1. The molecule has 0 aromatic carbocycles. The molecule has 0 atom stereocenters. The predicted molar refractivity (Wildman–Crippen MR) is 56.1 cm³/mol. The molecule has 1 aromatic rings. The Hall–Kier alpha value is -0.570. The highest BCUT2D eigenvalue weighted by Crippen LogP contribution is 2.24. The molecule has 1 aliphatic carbocycles. The molecular weight excluding hydrogens is 230 g/mol. The molecule has 13 heavy (non-hydrogen) atoms. The summed E-state index contributed by atoms with van der Waals surface area (Å²) in [6.07, 6.45) is 4.57. The minimum absolute atomic E-state index is 0.0122. The third kappa shape index (κ3) is 1.46. The van der Waals surface area contributed by atoms with E-state index in [9.17, 15) is 4.79 Å². The van der Waals surface area contributed by atoms with Crippen molar-refractivity contribution >= 4 is 15.9 Å². The molecule has 0 radical (unpaired) electrons. The van der Waals surface area contributed by atoms with E-state index in [2.05, 4.69) is 20.9 Å². The first-order valence-corrected chi connectivity index (χ1v) is 5.39. The van der Waals surface area contributed by atoms with Gasteiger partial charge in [-0.15, -0.1) is 0 Å². The fourth-order valence-corrected chi connectivity index (χ4v) is 2.29. The molecule has 1 N–H and O–H groups in total. The number of pyridine rings is 1. The number of rotatable bonds is 0. The molecule has 0 bridgehead atoms. The van der Waals surface area contributed by atoms with E-state index in [1.165, 1.54) is 18.4 Å². The summed E-state index contributed by atoms with van der Waals surface area (Å²) in [6, 6.07) is 0. The van der Waals surface area contributed by atoms with Crippen molar-refractivity contribution in [3.8, 4) is 0 Å². The topological polar surface area (TPSA) is 32.9 Å². The summed E-state index contributed by atoms with van der Waals surface area (Å²) in [4.78, 5) is 14.3. The van der Waals surface area contributed by atoms with Crippen LogP contribution in [0, 0.1) is 6.92 Å². The van der Waals surface area contributed by atoms with Crippen molar-refractivity contribution < 1.29 is 0 Å². The highest BCUT2D eigenvalue weighted by Gasteiger charge is 2.15. The lowest BCUT2D eigenvalue weighted by molar-refractivity contribution is 0.660. The van der Waals surface area contributed by atoms with E-state index in [-0.39, 0.29) is 5.56 Å². The Morgan fingerprint density at radius 2 is 2.00 bits per heavy atom. The summed E-state index contributed by atoms with van der Waals surface area (Å²) in [5.74, 6) is 0. The first-order valence-electron chi connectivity index (χ1n) is 4.60. The Morgan fingerprint density at radius 3 is 2.77 bits per heavy atom. The SMILES string of the molecule is Cc1c2c([nH]c(=O)c1Br)CCCC2. The van der Waals surface area contributed by atoms with Gasteiger partial charge in [0.1, 0.15) is 0 Å². The van der Waals surface area contributed by atoms with Gasteiger partial charge < -0.3 is 4.98 Å². The van der Waals surface area contributed by atoms with Crippen LogP contribution in [0.4, 0.5) is 0 Å². The van der Waals surface area contributed by atoms with Crippen molar-refractivity contribution in [2.24, 2.45) is 0 Å². The first kappa shape index (κ1) is 9.00. The number of fused-ring (bicyclic) bond motifs is 1. The number of aryl methyl sites for hydroxylation is 1. The lowest BCUT2D eigenvalue weighted by Gasteiger charge is -2.17. The molecule has 1 heterocycles. The summed E-state index contributed by atoms with van der Waals surface area (Å²) in [5.41, 5.74) is 3.63. The number of aromatic amines is 1. The van der Waals surface area contributed by atoms with E-state index in [4.69, 9.17) is 0 Å². The molecule has 1 aromatic heterocycles. The van der Waals surface area contributed by atoms with Crippen LogP contribution in [0.1, 0.15) is 29.7 Å². The van der Waals surface area contributed by atoms with Gasteiger partial charge in [-0.05, 0) is 59.7 Å². The summed E-state index contributed by atoms with van der Waals surface area (Å²) < 4.78 is 0.702. The van der Waals surface area contributed by atoms with Crippen molar-refractivity contribution in [3.05, 3.63) is 31.6 Å². The quantitative estimate of drug-likeness (QED) is 0.744. The van der Waals surface area contributed by atoms with Crippen LogP contribution in [0.2, 0.25) is 0 Å². The van der Waals surface area contributed by atoms with Crippen LogP contribution in [0.5, 0.6) is 0 Å². The fraction of sp³-hybridized carbons (Fsp3) is 0.500. The van der Waals surface area contributed by atoms with Crippen LogP contribution in [-0.2, 0) is 12.8 Å². The van der Waals surface area contributed by atoms with Crippen LogP contribution in [0.15, 0.2) is 9.27 Å². The highest BCUT2D eigenvalue weighted by atomic mass is 79.9. The number of halogens is 1. The summed E-state index contributed by atoms with van der Waals surface area (Å²) in [7, 11) is 0. The Labute approximate surface area is 85.5 Å². The maximum atomic E-state index is 11.4. The van der Waals surface area contributed by atoms with Crippen LogP contribution >= 0.6 is 15.9 Å². The van der Waals surface area contributed by atoms with Gasteiger partial charge in [0.25, 0.3) is 5.56 Å². The van der Waals surface area contributed by atoms with Crippen LogP contribution in [0.3, 0.4) is 0 Å². The van der Waals surface area contributed by atoms with Gasteiger partial charge >= 0.3 is 0 Å². The minimum atomic E-state index is 0.0122. The van der Waals surface area contributed by atoms with Crippen LogP contribution in [0.25, 0.3) is 0 Å². The third-order valence-electron chi connectivity index (χ3n) is 2.71. The fourth-order valence-electron chi connectivity index (χ4n) is 1.95. The average molecular weight is 242 g/mol. The molecule has 0 amide bonds. The maximum Gasteiger partial charge on any atom is 0.262 e. The molecule has 2 rings (SSSR count). The standard InChI is InChI=1S/C10H12BrNO/c1-6-7-4-2-3-5-8(7)12-10(13)9(6)11/h2-5H2,1H3,(H,12,13). The largest absolute Gasteiger partial charge is 0.325 e. The van der Waals surface area contributed by atoms with Gasteiger partial charge in [0.15, 0.2) is 0 Å². The lowest BCUT2D eigenvalue weighted by Crippen LogP contribution is -2.17. The monoisotopic (exact) mass is 241 g/mol. The molecular formula is C10H12BrNO. The second-order valence-electron chi connectivity index (χ2n) is 3.56. The molecule has 70 valence electrons. The zero-order chi connectivity index (χ0) is 9.42. The average Bonchev–Trinajstić information content (AvgIpc) is 2.15. The smallest absolute Gasteiger partial charge is 0.262 e. The molecule has 3 heteroatoms. The van der Waals surface area contributed by atoms with Gasteiger partial charge in [0.05, 0.1) is 4.47 Å². The first-order chi connectivity index (χ1) is 6.20. The number of aromatic nitrogens is 1. The molecule has 1 aliphatic rings. The van der Waals surface area contributed by atoms with Crippen LogP contribution < -0.4 is 5.56 Å². The number of hydrogen-bond donors (Lipinski definition) is 1. The second-order valence-corrected chi connectivity index (χ2v) is 4.35. The van der Waals surface area contributed by atoms with Gasteiger partial charge in [-0.2, -0.15) is 0 Å². The van der Waals surface area contributed by atoms with E-state index in [0.717, 1.165) is 24.1 Å². The Morgan fingerprint density at radius 1 is 1.31 bits per heavy atom. The normalized spacial score (nSPS) is 15.5. The van der Waals surface area contributed by atoms with E-state index >= 15 is 0 Å². The minimum Gasteiger partial charge on any atom is -0.325 e. The maximum absolute atomic E-state index is 11.4. The zero-order valence-corrected chi connectivity index (χ0v) is 9.20. The van der Waals surface area contributed by atoms with Gasteiger partial charge in [0.2, 0.25) is 0 Å². The number of nitrogens with one attached hydrogen (secondary N) is 1. The third-order valence-corrected chi connectivity index (χ3v) is 3.67. The second kappa shape index (κ2) is 3.29. The molecule has 0 fully saturated rings. The Kier molecular flexibility index (Phi) is 2.28. The Balaban J connectivity index is 2.67. The van der Waals surface area contributed by atoms with Crippen molar-refractivity contribution in [2.75, 3.05) is 0 Å². The van der Waals surface area contributed by atoms with Gasteiger partial charge in [-0.1, -0.05) is 0 Å². The van der Waals surface area contributed by atoms with Crippen molar-refractivity contribution in [3.63, 3.8) is 0 Å². The molecule has 0 unspecified atom stereocenters. The van der Waals surface area contributed by atoms with Gasteiger partial charge in [-0.3, -0.25) is 4.79 Å². The molecule has 0 saturated heterocycles.